The van der Waals surface area contributed by atoms with Gasteiger partial charge in [0.25, 0.3) is 0 Å². The molecule has 47 heavy (non-hydrogen) atoms. The predicted octanol–water partition coefficient (Wildman–Crippen LogP) is 4.97. The van der Waals surface area contributed by atoms with Crippen molar-refractivity contribution in [3.8, 4) is 5.75 Å². The molecule has 5 N–H and O–H groups in total. The molecule has 0 spiro atoms. The molecule has 0 radical (unpaired) electrons. The van der Waals surface area contributed by atoms with Gasteiger partial charge in [-0.15, -0.1) is 0 Å². The number of carboxylic acid groups (broad SMARTS) is 1. The minimum atomic E-state index is -1.08. The van der Waals surface area contributed by atoms with Gasteiger partial charge >= 0.3 is 12.1 Å². The average molecular weight is 713 g/mol. The smallest absolute Gasteiger partial charge is 0.507 e. The number of nitrogens with two attached hydrogens (primary N) is 1. The summed E-state index contributed by atoms with van der Waals surface area (Å²) in [5.74, 6) is 0.0800. The number of para-hydroxylation sites is 1. The zero-order chi connectivity index (χ0) is 33.4. The molecular formula is C35H48BrN6O5+. The summed E-state index contributed by atoms with van der Waals surface area (Å²) in [6, 6.07) is 12.9. The van der Waals surface area contributed by atoms with E-state index in [9.17, 15) is 24.6 Å². The molecule has 2 unspecified atom stereocenters. The Balaban J connectivity index is 1.34. The Morgan fingerprint density at radius 1 is 1.09 bits per heavy atom. The number of phenolic OH excluding ortho intramolecular Hbond substituents is 1. The highest BCUT2D eigenvalue weighted by atomic mass is 79.9. The molecule has 2 aromatic rings. The third kappa shape index (κ3) is 6.55. The first-order valence-electron chi connectivity index (χ1n) is 16.9. The van der Waals surface area contributed by atoms with Crippen LogP contribution in [0.5, 0.6) is 5.75 Å². The number of urea groups is 1. The van der Waals surface area contributed by atoms with Crippen LogP contribution < -0.4 is 11.1 Å². The number of nitrogens with zero attached hydrogens (tertiary/aromatic N) is 4. The normalized spacial score (nSPS) is 29.0. The Labute approximate surface area is 285 Å². The number of benzene rings is 2. The van der Waals surface area contributed by atoms with Gasteiger partial charge in [-0.1, -0.05) is 18.2 Å². The Morgan fingerprint density at radius 3 is 2.49 bits per heavy atom. The van der Waals surface area contributed by atoms with Crippen molar-refractivity contribution in [3.63, 3.8) is 0 Å². The third-order valence-corrected chi connectivity index (χ3v) is 12.2. The van der Waals surface area contributed by atoms with E-state index in [0.29, 0.717) is 49.4 Å². The zero-order valence-corrected chi connectivity index (χ0v) is 28.8. The Morgan fingerprint density at radius 2 is 1.81 bits per heavy atom. The van der Waals surface area contributed by atoms with Gasteiger partial charge in [0.05, 0.1) is 17.4 Å². The number of quaternary nitrogens is 1. The quantitative estimate of drug-likeness (QED) is 0.234. The molecule has 4 aliphatic rings. The second-order valence-corrected chi connectivity index (χ2v) is 15.2. The van der Waals surface area contributed by atoms with E-state index in [1.807, 2.05) is 29.2 Å². The summed E-state index contributed by atoms with van der Waals surface area (Å²) in [6.07, 6.45) is 5.11. The van der Waals surface area contributed by atoms with Crippen LogP contribution in [-0.4, -0.2) is 110 Å². The van der Waals surface area contributed by atoms with E-state index in [0.717, 1.165) is 61.9 Å². The minimum absolute atomic E-state index is 0.0324. The van der Waals surface area contributed by atoms with Gasteiger partial charge in [-0.2, -0.15) is 4.79 Å². The summed E-state index contributed by atoms with van der Waals surface area (Å²) in [5, 5.41) is 24.5. The average Bonchev–Trinajstić information content (AvgIpc) is 3.22. The fourth-order valence-electron chi connectivity index (χ4n) is 8.73. The number of nitrogens with one attached hydrogen (secondary N) is 1. The molecule has 0 aromatic heterocycles. The van der Waals surface area contributed by atoms with Crippen molar-refractivity contribution in [2.45, 2.75) is 88.1 Å². The Hall–Kier alpha value is -3.03. The number of aromatic hydroxyl groups is 1. The lowest BCUT2D eigenvalue weighted by Crippen LogP contribution is -2.78. The minimum Gasteiger partial charge on any atom is -0.507 e. The topological polar surface area (TPSA) is 139 Å². The van der Waals surface area contributed by atoms with Crippen molar-refractivity contribution < 1.29 is 29.1 Å². The molecule has 0 saturated carbocycles. The lowest BCUT2D eigenvalue weighted by Gasteiger charge is -2.59. The molecule has 6 rings (SSSR count). The highest BCUT2D eigenvalue weighted by molar-refractivity contribution is 9.10. The van der Waals surface area contributed by atoms with Crippen molar-refractivity contribution in [1.29, 1.82) is 0 Å². The van der Waals surface area contributed by atoms with E-state index < -0.39 is 11.8 Å². The molecule has 4 heterocycles. The van der Waals surface area contributed by atoms with Crippen LogP contribution in [0, 0.1) is 0 Å². The van der Waals surface area contributed by atoms with E-state index in [-0.39, 0.29) is 47.4 Å². The molecule has 3 saturated heterocycles. The van der Waals surface area contributed by atoms with Crippen LogP contribution in [0.3, 0.4) is 0 Å². The van der Waals surface area contributed by atoms with Crippen molar-refractivity contribution in [2.24, 2.45) is 5.73 Å². The first-order valence-corrected chi connectivity index (χ1v) is 17.7. The number of hydrogen-bond donors (Lipinski definition) is 4. The fraction of sp³-hybridized carbons (Fsp3) is 0.571. The summed E-state index contributed by atoms with van der Waals surface area (Å²) in [6.45, 7) is 6.26. The molecule has 4 aliphatic heterocycles. The van der Waals surface area contributed by atoms with E-state index in [4.69, 9.17) is 5.73 Å². The van der Waals surface area contributed by atoms with Gasteiger partial charge in [-0.05, 0) is 84.8 Å². The van der Waals surface area contributed by atoms with Gasteiger partial charge in [0.2, 0.25) is 0 Å². The molecular weight excluding hydrogens is 664 g/mol. The number of rotatable bonds is 7. The zero-order valence-electron chi connectivity index (χ0n) is 27.2. The second-order valence-electron chi connectivity index (χ2n) is 14.4. The predicted molar refractivity (Wildman–Crippen MR) is 183 cm³/mol. The Bertz CT molecular complexity index is 1490. The molecule has 3 atom stereocenters. The number of aldehydes is 1. The molecule has 3 amide bonds. The first kappa shape index (κ1) is 33.9. The van der Waals surface area contributed by atoms with Crippen LogP contribution in [0.2, 0.25) is 0 Å². The van der Waals surface area contributed by atoms with Crippen molar-refractivity contribution in [1.82, 2.24) is 14.7 Å². The molecule has 0 bridgehead atoms. The SMILES string of the molecule is CC1(N)CCN(C2CCN(C3(CC=O)CC(N4CCc5ccccc5NC4=O)CC[N@+]3(Cc3ccc(O)c(Br)c3)C(=O)O)CC2)CC1. The standard InChI is InChI=1S/C35H47BrN6O5/c1-34(37)12-18-39(19-13-34)27-9-15-40(16-10-27)35(14-21-43)23-28(41-17-8-26-4-2-3-5-30(26)38-32(41)45)11-20-42(35,33(46)47)24-25-6-7-31(44)29(36)22-25/h2-7,21-22,27-28H,8-20,23-24,37H2,1H3,(H2-,38,44,45,46,47)/p+1/t28?,35?,42-/m0/s1. The molecule has 254 valence electrons. The highest BCUT2D eigenvalue weighted by Crippen LogP contribution is 2.46. The van der Waals surface area contributed by atoms with Gasteiger partial charge in [0.1, 0.15) is 18.6 Å². The molecule has 2 aromatic carbocycles. The van der Waals surface area contributed by atoms with Gasteiger partial charge < -0.3 is 35.9 Å². The molecule has 11 nitrogen and oxygen atoms in total. The number of amides is 3. The third-order valence-electron chi connectivity index (χ3n) is 11.5. The number of piperidine rings is 3. The van der Waals surface area contributed by atoms with E-state index >= 15 is 0 Å². The number of anilines is 1. The van der Waals surface area contributed by atoms with Crippen LogP contribution in [0.1, 0.15) is 63.0 Å². The summed E-state index contributed by atoms with van der Waals surface area (Å²) in [7, 11) is 0. The van der Waals surface area contributed by atoms with Crippen LogP contribution >= 0.6 is 15.9 Å². The fourth-order valence-corrected chi connectivity index (χ4v) is 9.16. The monoisotopic (exact) mass is 711 g/mol. The maximum atomic E-state index is 13.7. The van der Waals surface area contributed by atoms with Crippen molar-refractivity contribution in [3.05, 3.63) is 58.1 Å². The lowest BCUT2D eigenvalue weighted by molar-refractivity contribution is -0.942. The molecule has 3 fully saturated rings. The summed E-state index contributed by atoms with van der Waals surface area (Å²) < 4.78 is 0.154. The van der Waals surface area contributed by atoms with Crippen LogP contribution in [0.15, 0.2) is 46.9 Å². The van der Waals surface area contributed by atoms with Crippen LogP contribution in [0.25, 0.3) is 0 Å². The largest absolute Gasteiger partial charge is 0.515 e. The van der Waals surface area contributed by atoms with E-state index in [1.54, 1.807) is 18.2 Å². The van der Waals surface area contributed by atoms with Crippen LogP contribution in [0.4, 0.5) is 15.3 Å². The van der Waals surface area contributed by atoms with E-state index in [1.165, 1.54) is 0 Å². The maximum Gasteiger partial charge on any atom is 0.515 e. The van der Waals surface area contributed by atoms with Crippen molar-refractivity contribution >= 4 is 40.0 Å². The van der Waals surface area contributed by atoms with Gasteiger partial charge in [0, 0.05) is 74.4 Å². The number of likely N-dealkylation sites (tertiary alicyclic amines) is 3. The summed E-state index contributed by atoms with van der Waals surface area (Å²) >= 11 is 3.41. The number of carbonyl (C=O) groups is 3. The van der Waals surface area contributed by atoms with Crippen molar-refractivity contribution in [2.75, 3.05) is 44.6 Å². The van der Waals surface area contributed by atoms with E-state index in [2.05, 4.69) is 38.0 Å². The Kier molecular flexibility index (Phi) is 9.70. The summed E-state index contributed by atoms with van der Waals surface area (Å²) in [5.41, 5.74) is 7.84. The van der Waals surface area contributed by atoms with Gasteiger partial charge in [-0.25, -0.2) is 9.28 Å². The van der Waals surface area contributed by atoms with Crippen LogP contribution in [-0.2, 0) is 17.8 Å². The molecule has 12 heteroatoms. The lowest BCUT2D eigenvalue weighted by atomic mass is 9.81. The maximum absolute atomic E-state index is 13.7. The van der Waals surface area contributed by atoms with Gasteiger partial charge in [0.15, 0.2) is 5.66 Å². The summed E-state index contributed by atoms with van der Waals surface area (Å²) in [4.78, 5) is 46.9. The number of halogens is 1. The second kappa shape index (κ2) is 13.5. The highest BCUT2D eigenvalue weighted by Gasteiger charge is 2.64. The number of carbonyl (C=O) groups excluding carboxylic acids is 2. The number of phenols is 1. The van der Waals surface area contributed by atoms with Gasteiger partial charge in [-0.3, -0.25) is 4.90 Å². The number of hydrogen-bond acceptors (Lipinski definition) is 7. The molecule has 0 aliphatic carbocycles. The first-order chi connectivity index (χ1) is 22.5. The number of fused-ring (bicyclic) bond motifs is 1.